The summed E-state index contributed by atoms with van der Waals surface area (Å²) in [5.41, 5.74) is 2.38. The fourth-order valence-electron chi connectivity index (χ4n) is 1.55. The molecule has 1 aliphatic rings. The average Bonchev–Trinajstić information content (AvgIpc) is 2.68. The van der Waals surface area contributed by atoms with Gasteiger partial charge in [0.15, 0.2) is 0 Å². The van der Waals surface area contributed by atoms with Gasteiger partial charge in [-0.1, -0.05) is 19.9 Å². The Hall–Kier alpha value is -1.51. The van der Waals surface area contributed by atoms with Crippen molar-refractivity contribution in [2.45, 2.75) is 26.2 Å². The summed E-state index contributed by atoms with van der Waals surface area (Å²) in [4.78, 5) is 4.19. The molecule has 0 aromatic carbocycles. The quantitative estimate of drug-likeness (QED) is 0.722. The van der Waals surface area contributed by atoms with E-state index in [9.17, 15) is 0 Å². The number of allylic oxidation sites excluding steroid dienone is 1. The number of amidine groups is 1. The van der Waals surface area contributed by atoms with E-state index in [2.05, 4.69) is 29.1 Å². The Morgan fingerprint density at radius 1 is 1.67 bits per heavy atom. The fraction of sp³-hybridized carbons (Fsp3) is 0.417. The van der Waals surface area contributed by atoms with Gasteiger partial charge in [-0.25, -0.2) is 4.99 Å². The SMILES string of the molecule is C=C/N=C1/NC=C/C1=C(/CCCC)NC. The smallest absolute Gasteiger partial charge is 0.138 e. The molecule has 0 atom stereocenters. The minimum absolute atomic E-state index is 0.880. The molecule has 1 rings (SSSR count). The molecular formula is C12H19N3. The molecule has 0 saturated carbocycles. The maximum absolute atomic E-state index is 4.19. The first-order valence-electron chi connectivity index (χ1n) is 5.36. The largest absolute Gasteiger partial charge is 0.391 e. The summed E-state index contributed by atoms with van der Waals surface area (Å²) in [6.45, 7) is 5.80. The summed E-state index contributed by atoms with van der Waals surface area (Å²) < 4.78 is 0. The summed E-state index contributed by atoms with van der Waals surface area (Å²) >= 11 is 0. The van der Waals surface area contributed by atoms with E-state index in [-0.39, 0.29) is 0 Å². The van der Waals surface area contributed by atoms with Crippen LogP contribution in [0.4, 0.5) is 0 Å². The van der Waals surface area contributed by atoms with Crippen LogP contribution in [0.3, 0.4) is 0 Å². The molecule has 1 aliphatic heterocycles. The lowest BCUT2D eigenvalue weighted by Gasteiger charge is -2.10. The van der Waals surface area contributed by atoms with Gasteiger partial charge >= 0.3 is 0 Å². The van der Waals surface area contributed by atoms with E-state index in [0.717, 1.165) is 17.8 Å². The maximum Gasteiger partial charge on any atom is 0.138 e. The third kappa shape index (κ3) is 2.98. The van der Waals surface area contributed by atoms with E-state index < -0.39 is 0 Å². The topological polar surface area (TPSA) is 36.4 Å². The summed E-state index contributed by atoms with van der Waals surface area (Å²) in [6.07, 6.45) is 8.95. The van der Waals surface area contributed by atoms with Gasteiger partial charge in [0, 0.05) is 30.7 Å². The van der Waals surface area contributed by atoms with Crippen LogP contribution in [0.5, 0.6) is 0 Å². The van der Waals surface area contributed by atoms with Crippen molar-refractivity contribution < 1.29 is 0 Å². The molecule has 0 radical (unpaired) electrons. The number of hydrogen-bond donors (Lipinski definition) is 2. The molecule has 82 valence electrons. The van der Waals surface area contributed by atoms with Crippen LogP contribution >= 0.6 is 0 Å². The predicted molar refractivity (Wildman–Crippen MR) is 65.5 cm³/mol. The molecule has 0 unspecified atom stereocenters. The van der Waals surface area contributed by atoms with Gasteiger partial charge < -0.3 is 10.6 Å². The predicted octanol–water partition coefficient (Wildman–Crippen LogP) is 2.31. The van der Waals surface area contributed by atoms with Gasteiger partial charge in [0.25, 0.3) is 0 Å². The lowest BCUT2D eigenvalue weighted by Crippen LogP contribution is -2.18. The van der Waals surface area contributed by atoms with E-state index in [0.29, 0.717) is 0 Å². The fourth-order valence-corrected chi connectivity index (χ4v) is 1.55. The van der Waals surface area contributed by atoms with Crippen LogP contribution in [0.25, 0.3) is 0 Å². The molecule has 2 N–H and O–H groups in total. The monoisotopic (exact) mass is 205 g/mol. The van der Waals surface area contributed by atoms with Crippen molar-refractivity contribution >= 4 is 5.84 Å². The summed E-state index contributed by atoms with van der Waals surface area (Å²) in [6, 6.07) is 0. The van der Waals surface area contributed by atoms with E-state index in [1.807, 2.05) is 19.3 Å². The van der Waals surface area contributed by atoms with Crippen molar-refractivity contribution in [2.24, 2.45) is 4.99 Å². The van der Waals surface area contributed by atoms with Gasteiger partial charge in [0.2, 0.25) is 0 Å². The van der Waals surface area contributed by atoms with Gasteiger partial charge in [-0.15, -0.1) is 0 Å². The molecule has 0 bridgehead atoms. The second kappa shape index (κ2) is 6.06. The Morgan fingerprint density at radius 3 is 3.07 bits per heavy atom. The number of rotatable bonds is 5. The molecule has 3 heteroatoms. The molecule has 0 amide bonds. The first-order chi connectivity index (χ1) is 7.33. The highest BCUT2D eigenvalue weighted by atomic mass is 15.0. The Balaban J connectivity index is 2.87. The maximum atomic E-state index is 4.19. The molecule has 3 nitrogen and oxygen atoms in total. The lowest BCUT2D eigenvalue weighted by molar-refractivity contribution is 0.741. The third-order valence-electron chi connectivity index (χ3n) is 2.35. The number of nitrogens with one attached hydrogen (secondary N) is 2. The Morgan fingerprint density at radius 2 is 2.47 bits per heavy atom. The van der Waals surface area contributed by atoms with Crippen LogP contribution in [0.2, 0.25) is 0 Å². The molecule has 0 aromatic heterocycles. The first-order valence-corrected chi connectivity index (χ1v) is 5.36. The van der Waals surface area contributed by atoms with Crippen LogP contribution in [0, 0.1) is 0 Å². The lowest BCUT2D eigenvalue weighted by atomic mass is 10.1. The van der Waals surface area contributed by atoms with Gasteiger partial charge in [-0.05, 0) is 18.9 Å². The van der Waals surface area contributed by atoms with Gasteiger partial charge in [-0.3, -0.25) is 0 Å². The normalized spacial score (nSPS) is 20.3. The van der Waals surface area contributed by atoms with Crippen molar-refractivity contribution in [2.75, 3.05) is 7.05 Å². The molecule has 15 heavy (non-hydrogen) atoms. The second-order valence-electron chi connectivity index (χ2n) is 3.38. The summed E-state index contributed by atoms with van der Waals surface area (Å²) in [5.74, 6) is 0.880. The van der Waals surface area contributed by atoms with Crippen LogP contribution in [-0.4, -0.2) is 12.9 Å². The van der Waals surface area contributed by atoms with E-state index in [4.69, 9.17) is 0 Å². The molecule has 0 aromatic rings. The molecule has 0 spiro atoms. The molecule has 0 saturated heterocycles. The van der Waals surface area contributed by atoms with Gasteiger partial charge in [0.05, 0.1) is 0 Å². The van der Waals surface area contributed by atoms with Crippen LogP contribution < -0.4 is 10.6 Å². The van der Waals surface area contributed by atoms with Crippen LogP contribution in [0.15, 0.2) is 41.3 Å². The van der Waals surface area contributed by atoms with Gasteiger partial charge in [0.1, 0.15) is 5.84 Å². The van der Waals surface area contributed by atoms with Crippen molar-refractivity contribution in [3.63, 3.8) is 0 Å². The van der Waals surface area contributed by atoms with Crippen LogP contribution in [0.1, 0.15) is 26.2 Å². The standard InChI is InChI=1S/C12H19N3/c1-4-6-7-11(13-3)10-8-9-15-12(10)14-5-2/h5,8-9,13H,2,4,6-7H2,1,3H3,(H,14,15)/b11-10+. The summed E-state index contributed by atoms with van der Waals surface area (Å²) in [5, 5.41) is 6.34. The number of hydrogen-bond acceptors (Lipinski definition) is 2. The third-order valence-corrected chi connectivity index (χ3v) is 2.35. The molecule has 0 aliphatic carbocycles. The minimum atomic E-state index is 0.880. The molecular weight excluding hydrogens is 186 g/mol. The van der Waals surface area contributed by atoms with Crippen LogP contribution in [-0.2, 0) is 0 Å². The van der Waals surface area contributed by atoms with E-state index in [1.165, 1.54) is 18.5 Å². The highest BCUT2D eigenvalue weighted by Crippen LogP contribution is 2.15. The highest BCUT2D eigenvalue weighted by Gasteiger charge is 2.12. The Kier molecular flexibility index (Phi) is 4.68. The average molecular weight is 205 g/mol. The minimum Gasteiger partial charge on any atom is -0.391 e. The number of aliphatic imine (C=N–C) groups is 1. The zero-order chi connectivity index (χ0) is 11.1. The second-order valence-corrected chi connectivity index (χ2v) is 3.38. The van der Waals surface area contributed by atoms with Crippen molar-refractivity contribution in [3.05, 3.63) is 36.3 Å². The zero-order valence-electron chi connectivity index (χ0n) is 9.51. The van der Waals surface area contributed by atoms with Gasteiger partial charge in [-0.2, -0.15) is 0 Å². The van der Waals surface area contributed by atoms with Crippen molar-refractivity contribution in [1.29, 1.82) is 0 Å². The van der Waals surface area contributed by atoms with Crippen molar-refractivity contribution in [3.8, 4) is 0 Å². The Bertz CT molecular complexity index is 311. The summed E-state index contributed by atoms with van der Waals surface area (Å²) in [7, 11) is 1.95. The van der Waals surface area contributed by atoms with Crippen molar-refractivity contribution in [1.82, 2.24) is 10.6 Å². The molecule has 1 heterocycles. The number of unbranched alkanes of at least 4 members (excludes halogenated alkanes) is 1. The Labute approximate surface area is 91.7 Å². The highest BCUT2D eigenvalue weighted by molar-refractivity contribution is 6.04. The molecule has 0 fully saturated rings. The number of nitrogens with zero attached hydrogens (tertiary/aromatic N) is 1. The first kappa shape index (κ1) is 11.6. The zero-order valence-corrected chi connectivity index (χ0v) is 9.51. The van der Waals surface area contributed by atoms with E-state index in [1.54, 1.807) is 6.20 Å². The van der Waals surface area contributed by atoms with E-state index >= 15 is 0 Å².